The van der Waals surface area contributed by atoms with E-state index >= 15 is 0 Å². The Labute approximate surface area is 102 Å². The van der Waals surface area contributed by atoms with Crippen LogP contribution < -0.4 is 4.74 Å². The molecule has 0 unspecified atom stereocenters. The minimum absolute atomic E-state index is 0.142. The van der Waals surface area contributed by atoms with E-state index in [1.165, 1.54) is 0 Å². The summed E-state index contributed by atoms with van der Waals surface area (Å²) in [6.45, 7) is 4.12. The van der Waals surface area contributed by atoms with Gasteiger partial charge < -0.3 is 9.84 Å². The summed E-state index contributed by atoms with van der Waals surface area (Å²) in [7, 11) is 1.64. The van der Waals surface area contributed by atoms with Crippen LogP contribution in [-0.4, -0.2) is 18.2 Å². The summed E-state index contributed by atoms with van der Waals surface area (Å²) >= 11 is 0. The zero-order valence-corrected chi connectivity index (χ0v) is 10.6. The van der Waals surface area contributed by atoms with Crippen LogP contribution in [0.25, 0.3) is 0 Å². The Kier molecular flexibility index (Phi) is 5.01. The van der Waals surface area contributed by atoms with Crippen LogP contribution in [-0.2, 0) is 11.2 Å². The summed E-state index contributed by atoms with van der Waals surface area (Å²) in [4.78, 5) is 10.8. The minimum atomic E-state index is -0.737. The van der Waals surface area contributed by atoms with Crippen LogP contribution in [0.1, 0.15) is 25.8 Å². The summed E-state index contributed by atoms with van der Waals surface area (Å²) in [6.07, 6.45) is 0.948. The molecule has 1 rings (SSSR count). The molecule has 1 aromatic carbocycles. The van der Waals surface area contributed by atoms with E-state index in [0.29, 0.717) is 5.92 Å². The van der Waals surface area contributed by atoms with Crippen LogP contribution in [0.3, 0.4) is 0 Å². The second-order valence-corrected chi connectivity index (χ2v) is 4.62. The summed E-state index contributed by atoms with van der Waals surface area (Å²) in [5.74, 6) is 0.585. The molecule has 0 saturated carbocycles. The van der Waals surface area contributed by atoms with E-state index in [1.54, 1.807) is 7.11 Å². The Hall–Kier alpha value is -1.51. The van der Waals surface area contributed by atoms with E-state index in [4.69, 9.17) is 9.84 Å². The van der Waals surface area contributed by atoms with Crippen LogP contribution in [0.4, 0.5) is 0 Å². The van der Waals surface area contributed by atoms with Crippen molar-refractivity contribution in [3.05, 3.63) is 29.8 Å². The fraction of sp³-hybridized carbons (Fsp3) is 0.500. The first-order valence-electron chi connectivity index (χ1n) is 5.88. The molecule has 3 heteroatoms. The maximum atomic E-state index is 10.8. The third-order valence-electron chi connectivity index (χ3n) is 3.05. The number of benzene rings is 1. The minimum Gasteiger partial charge on any atom is -0.496 e. The van der Waals surface area contributed by atoms with Gasteiger partial charge in [-0.05, 0) is 29.9 Å². The molecule has 0 aliphatic rings. The lowest BCUT2D eigenvalue weighted by Crippen LogP contribution is -2.16. The molecule has 1 atom stereocenters. The highest BCUT2D eigenvalue weighted by molar-refractivity contribution is 5.67. The molecule has 94 valence electrons. The van der Waals surface area contributed by atoms with E-state index in [0.717, 1.165) is 17.7 Å². The molecule has 3 nitrogen and oxygen atoms in total. The second-order valence-electron chi connectivity index (χ2n) is 4.62. The Morgan fingerprint density at radius 3 is 2.53 bits per heavy atom. The SMILES string of the molecule is COc1ccccc1C[C@@H](CC(=O)O)C(C)C. The Bertz CT molecular complexity index is 371. The Morgan fingerprint density at radius 2 is 2.00 bits per heavy atom. The number of carbonyl (C=O) groups is 1. The van der Waals surface area contributed by atoms with Gasteiger partial charge in [-0.3, -0.25) is 4.79 Å². The van der Waals surface area contributed by atoms with E-state index in [-0.39, 0.29) is 12.3 Å². The van der Waals surface area contributed by atoms with Crippen LogP contribution >= 0.6 is 0 Å². The van der Waals surface area contributed by atoms with E-state index in [2.05, 4.69) is 13.8 Å². The molecular weight excluding hydrogens is 216 g/mol. The van der Waals surface area contributed by atoms with E-state index in [9.17, 15) is 4.79 Å². The molecule has 0 amide bonds. The lowest BCUT2D eigenvalue weighted by Gasteiger charge is -2.20. The molecule has 0 spiro atoms. The molecule has 0 aliphatic carbocycles. The van der Waals surface area contributed by atoms with Crippen LogP contribution in [0.15, 0.2) is 24.3 Å². The smallest absolute Gasteiger partial charge is 0.303 e. The third kappa shape index (κ3) is 4.10. The van der Waals surface area contributed by atoms with Gasteiger partial charge in [-0.15, -0.1) is 0 Å². The Morgan fingerprint density at radius 1 is 1.35 bits per heavy atom. The van der Waals surface area contributed by atoms with Gasteiger partial charge in [0.25, 0.3) is 0 Å². The van der Waals surface area contributed by atoms with Crippen molar-refractivity contribution >= 4 is 5.97 Å². The summed E-state index contributed by atoms with van der Waals surface area (Å²) < 4.78 is 5.28. The largest absolute Gasteiger partial charge is 0.496 e. The van der Waals surface area contributed by atoms with Gasteiger partial charge in [-0.1, -0.05) is 32.0 Å². The van der Waals surface area contributed by atoms with Crippen LogP contribution in [0.5, 0.6) is 5.75 Å². The third-order valence-corrected chi connectivity index (χ3v) is 3.05. The van der Waals surface area contributed by atoms with Gasteiger partial charge in [0.15, 0.2) is 0 Å². The topological polar surface area (TPSA) is 46.5 Å². The lowest BCUT2D eigenvalue weighted by atomic mass is 9.86. The van der Waals surface area contributed by atoms with Crippen LogP contribution in [0, 0.1) is 11.8 Å². The molecule has 0 bridgehead atoms. The molecule has 0 fully saturated rings. The molecule has 0 saturated heterocycles. The van der Waals surface area contributed by atoms with Crippen molar-refractivity contribution < 1.29 is 14.6 Å². The first-order chi connectivity index (χ1) is 8.04. The zero-order chi connectivity index (χ0) is 12.8. The fourth-order valence-electron chi connectivity index (χ4n) is 1.92. The molecule has 1 N–H and O–H groups in total. The molecule has 0 radical (unpaired) electrons. The van der Waals surface area contributed by atoms with Gasteiger partial charge in [0.2, 0.25) is 0 Å². The number of hydrogen-bond acceptors (Lipinski definition) is 2. The van der Waals surface area contributed by atoms with Gasteiger partial charge in [0.05, 0.1) is 7.11 Å². The van der Waals surface area contributed by atoms with Gasteiger partial charge in [0.1, 0.15) is 5.75 Å². The monoisotopic (exact) mass is 236 g/mol. The van der Waals surface area contributed by atoms with Crippen molar-refractivity contribution in [3.63, 3.8) is 0 Å². The highest BCUT2D eigenvalue weighted by Crippen LogP contribution is 2.26. The average molecular weight is 236 g/mol. The van der Waals surface area contributed by atoms with Crippen molar-refractivity contribution in [1.29, 1.82) is 0 Å². The second kappa shape index (κ2) is 6.28. The number of para-hydroxylation sites is 1. The van der Waals surface area contributed by atoms with Gasteiger partial charge in [0, 0.05) is 6.42 Å². The number of methoxy groups -OCH3 is 1. The average Bonchev–Trinajstić information content (AvgIpc) is 2.28. The van der Waals surface area contributed by atoms with Gasteiger partial charge in [-0.2, -0.15) is 0 Å². The standard InChI is InChI=1S/C14H20O3/c1-10(2)12(9-14(15)16)8-11-6-4-5-7-13(11)17-3/h4-7,10,12H,8-9H2,1-3H3,(H,15,16)/t12-/m0/s1. The van der Waals surface area contributed by atoms with Crippen molar-refractivity contribution in [2.45, 2.75) is 26.7 Å². The van der Waals surface area contributed by atoms with Crippen molar-refractivity contribution in [2.75, 3.05) is 7.11 Å². The lowest BCUT2D eigenvalue weighted by molar-refractivity contribution is -0.138. The predicted octanol–water partition coefficient (Wildman–Crippen LogP) is 2.98. The number of carboxylic acid groups (broad SMARTS) is 1. The highest BCUT2D eigenvalue weighted by atomic mass is 16.5. The maximum absolute atomic E-state index is 10.8. The van der Waals surface area contributed by atoms with Crippen LogP contribution in [0.2, 0.25) is 0 Å². The first kappa shape index (κ1) is 13.6. The van der Waals surface area contributed by atoms with E-state index in [1.807, 2.05) is 24.3 Å². The summed E-state index contributed by atoms with van der Waals surface area (Å²) in [5, 5.41) is 8.91. The molecule has 0 aliphatic heterocycles. The number of hydrogen-bond donors (Lipinski definition) is 1. The van der Waals surface area contributed by atoms with Crippen molar-refractivity contribution in [3.8, 4) is 5.75 Å². The molecule has 0 heterocycles. The Balaban J connectivity index is 2.81. The van der Waals surface area contributed by atoms with Gasteiger partial charge in [-0.25, -0.2) is 0 Å². The highest BCUT2D eigenvalue weighted by Gasteiger charge is 2.19. The number of ether oxygens (including phenoxy) is 1. The molecular formula is C14H20O3. The number of aliphatic carboxylic acids is 1. The number of rotatable bonds is 6. The predicted molar refractivity (Wildman–Crippen MR) is 67.3 cm³/mol. The number of carboxylic acids is 1. The van der Waals surface area contributed by atoms with Crippen molar-refractivity contribution in [1.82, 2.24) is 0 Å². The first-order valence-corrected chi connectivity index (χ1v) is 5.88. The fourth-order valence-corrected chi connectivity index (χ4v) is 1.92. The molecule has 17 heavy (non-hydrogen) atoms. The van der Waals surface area contributed by atoms with Crippen molar-refractivity contribution in [2.24, 2.45) is 11.8 Å². The zero-order valence-electron chi connectivity index (χ0n) is 10.6. The molecule has 0 aromatic heterocycles. The van der Waals surface area contributed by atoms with Gasteiger partial charge >= 0.3 is 5.97 Å². The quantitative estimate of drug-likeness (QED) is 0.826. The maximum Gasteiger partial charge on any atom is 0.303 e. The van der Waals surface area contributed by atoms with E-state index < -0.39 is 5.97 Å². The molecule has 1 aromatic rings. The normalized spacial score (nSPS) is 12.5. The summed E-state index contributed by atoms with van der Waals surface area (Å²) in [6, 6.07) is 7.78. The summed E-state index contributed by atoms with van der Waals surface area (Å²) in [5.41, 5.74) is 1.08.